The lowest BCUT2D eigenvalue weighted by Gasteiger charge is -2.20. The SMILES string of the molecule is CCOC(=O)C=C1SCC(=O)N1CC(=O)NC1CCCCCC1. The van der Waals surface area contributed by atoms with Gasteiger partial charge in [0.15, 0.2) is 0 Å². The number of ether oxygens (including phenoxy) is 1. The van der Waals surface area contributed by atoms with E-state index in [1.165, 1.54) is 35.6 Å². The van der Waals surface area contributed by atoms with Crippen molar-refractivity contribution in [3.63, 3.8) is 0 Å². The Bertz CT molecular complexity index is 484. The Labute approximate surface area is 141 Å². The number of rotatable bonds is 5. The molecule has 2 aliphatic rings. The summed E-state index contributed by atoms with van der Waals surface area (Å²) >= 11 is 1.26. The Morgan fingerprint density at radius 1 is 1.30 bits per heavy atom. The summed E-state index contributed by atoms with van der Waals surface area (Å²) < 4.78 is 4.86. The first-order chi connectivity index (χ1) is 11.1. The highest BCUT2D eigenvalue weighted by Gasteiger charge is 2.29. The highest BCUT2D eigenvalue weighted by molar-refractivity contribution is 8.04. The second kappa shape index (κ2) is 8.96. The standard InChI is InChI=1S/C16H24N2O4S/c1-2-22-16(21)9-15-18(14(20)11-23-15)10-13(19)17-12-7-5-3-4-6-8-12/h9,12H,2-8,10-11H2,1H3,(H,17,19). The molecule has 0 aromatic carbocycles. The molecule has 1 aliphatic carbocycles. The lowest BCUT2D eigenvalue weighted by molar-refractivity contribution is -0.137. The first-order valence-corrected chi connectivity index (χ1v) is 9.19. The minimum absolute atomic E-state index is 0.0342. The molecular weight excluding hydrogens is 316 g/mol. The van der Waals surface area contributed by atoms with Crippen molar-refractivity contribution in [3.8, 4) is 0 Å². The monoisotopic (exact) mass is 340 g/mol. The zero-order valence-electron chi connectivity index (χ0n) is 13.5. The van der Waals surface area contributed by atoms with Crippen LogP contribution in [0.4, 0.5) is 0 Å². The Kier molecular flexibility index (Phi) is 6.95. The van der Waals surface area contributed by atoms with Crippen LogP contribution < -0.4 is 5.32 Å². The van der Waals surface area contributed by atoms with Crippen molar-refractivity contribution in [2.24, 2.45) is 0 Å². The molecule has 0 atom stereocenters. The van der Waals surface area contributed by atoms with Crippen LogP contribution in [-0.2, 0) is 19.1 Å². The first-order valence-electron chi connectivity index (χ1n) is 8.21. The molecular formula is C16H24N2O4S. The third kappa shape index (κ3) is 5.57. The quantitative estimate of drug-likeness (QED) is 0.469. The molecule has 0 radical (unpaired) electrons. The van der Waals surface area contributed by atoms with Gasteiger partial charge in [0.2, 0.25) is 11.8 Å². The molecule has 1 saturated carbocycles. The van der Waals surface area contributed by atoms with Crippen molar-refractivity contribution in [3.05, 3.63) is 11.1 Å². The van der Waals surface area contributed by atoms with Gasteiger partial charge in [0.25, 0.3) is 0 Å². The van der Waals surface area contributed by atoms with Gasteiger partial charge in [-0.3, -0.25) is 14.5 Å². The van der Waals surface area contributed by atoms with E-state index in [2.05, 4.69) is 5.32 Å². The summed E-state index contributed by atoms with van der Waals surface area (Å²) in [5.74, 6) is -0.551. The van der Waals surface area contributed by atoms with E-state index < -0.39 is 5.97 Å². The zero-order chi connectivity index (χ0) is 16.7. The average molecular weight is 340 g/mol. The van der Waals surface area contributed by atoms with Gasteiger partial charge in [0.05, 0.1) is 23.5 Å². The summed E-state index contributed by atoms with van der Waals surface area (Å²) in [6.45, 7) is 1.97. The smallest absolute Gasteiger partial charge is 0.333 e. The van der Waals surface area contributed by atoms with Crippen LogP contribution in [0.25, 0.3) is 0 Å². The van der Waals surface area contributed by atoms with Gasteiger partial charge >= 0.3 is 5.97 Å². The number of nitrogens with zero attached hydrogens (tertiary/aromatic N) is 1. The molecule has 7 heteroatoms. The van der Waals surface area contributed by atoms with Gasteiger partial charge in [0, 0.05) is 6.04 Å². The first kappa shape index (κ1) is 17.8. The van der Waals surface area contributed by atoms with Crippen molar-refractivity contribution < 1.29 is 19.1 Å². The lowest BCUT2D eigenvalue weighted by atomic mass is 10.1. The Hall–Kier alpha value is -1.50. The van der Waals surface area contributed by atoms with E-state index in [0.29, 0.717) is 5.03 Å². The van der Waals surface area contributed by atoms with Crippen LogP contribution in [0.1, 0.15) is 45.4 Å². The summed E-state index contributed by atoms with van der Waals surface area (Å²) in [7, 11) is 0. The summed E-state index contributed by atoms with van der Waals surface area (Å²) in [5, 5.41) is 3.51. The molecule has 0 aromatic rings. The number of hydrogen-bond acceptors (Lipinski definition) is 5. The predicted molar refractivity (Wildman–Crippen MR) is 88.5 cm³/mol. The molecule has 1 aliphatic heterocycles. The fraction of sp³-hybridized carbons (Fsp3) is 0.688. The minimum atomic E-state index is -0.487. The van der Waals surface area contributed by atoms with E-state index in [1.54, 1.807) is 6.92 Å². The lowest BCUT2D eigenvalue weighted by Crippen LogP contribution is -2.42. The second-order valence-corrected chi connectivity index (χ2v) is 6.75. The summed E-state index contributed by atoms with van der Waals surface area (Å²) in [6, 6.07) is 0.202. The highest BCUT2D eigenvalue weighted by atomic mass is 32.2. The Balaban J connectivity index is 1.91. The van der Waals surface area contributed by atoms with Crippen molar-refractivity contribution in [1.82, 2.24) is 10.2 Å². The third-order valence-electron chi connectivity index (χ3n) is 3.96. The Morgan fingerprint density at radius 2 is 2.00 bits per heavy atom. The molecule has 0 aromatic heterocycles. The van der Waals surface area contributed by atoms with E-state index in [1.807, 2.05) is 0 Å². The van der Waals surface area contributed by atoms with Crippen molar-refractivity contribution in [1.29, 1.82) is 0 Å². The molecule has 2 rings (SSSR count). The molecule has 2 amide bonds. The molecule has 128 valence electrons. The molecule has 6 nitrogen and oxygen atoms in total. The molecule has 1 N–H and O–H groups in total. The molecule has 1 saturated heterocycles. The largest absolute Gasteiger partial charge is 0.463 e. The molecule has 0 unspecified atom stereocenters. The van der Waals surface area contributed by atoms with E-state index in [-0.39, 0.29) is 36.8 Å². The van der Waals surface area contributed by atoms with E-state index >= 15 is 0 Å². The van der Waals surface area contributed by atoms with Gasteiger partial charge in [-0.25, -0.2) is 4.79 Å². The maximum absolute atomic E-state index is 12.2. The topological polar surface area (TPSA) is 75.7 Å². The fourth-order valence-corrected chi connectivity index (χ4v) is 3.75. The van der Waals surface area contributed by atoms with Gasteiger partial charge in [-0.2, -0.15) is 0 Å². The van der Waals surface area contributed by atoms with Crippen molar-refractivity contribution >= 4 is 29.5 Å². The van der Waals surface area contributed by atoms with Gasteiger partial charge < -0.3 is 10.1 Å². The minimum Gasteiger partial charge on any atom is -0.463 e. The van der Waals surface area contributed by atoms with Crippen LogP contribution in [0.15, 0.2) is 11.1 Å². The van der Waals surface area contributed by atoms with Crippen molar-refractivity contribution in [2.75, 3.05) is 18.9 Å². The number of esters is 1. The third-order valence-corrected chi connectivity index (χ3v) is 4.99. The summed E-state index contributed by atoms with van der Waals surface area (Å²) in [4.78, 5) is 37.1. The van der Waals surface area contributed by atoms with Crippen LogP contribution in [-0.4, -0.2) is 47.6 Å². The molecule has 0 spiro atoms. The Morgan fingerprint density at radius 3 is 2.65 bits per heavy atom. The molecule has 23 heavy (non-hydrogen) atoms. The summed E-state index contributed by atoms with van der Waals surface area (Å²) in [5.41, 5.74) is 0. The van der Waals surface area contributed by atoms with Crippen LogP contribution >= 0.6 is 11.8 Å². The van der Waals surface area contributed by atoms with Gasteiger partial charge in [-0.15, -0.1) is 0 Å². The van der Waals surface area contributed by atoms with Gasteiger partial charge in [0.1, 0.15) is 6.54 Å². The van der Waals surface area contributed by atoms with Crippen LogP contribution in [0.3, 0.4) is 0 Å². The fourth-order valence-electron chi connectivity index (χ4n) is 2.83. The predicted octanol–water partition coefficient (Wildman–Crippen LogP) is 1.81. The summed E-state index contributed by atoms with van der Waals surface area (Å²) in [6.07, 6.45) is 8.01. The number of nitrogens with one attached hydrogen (secondary N) is 1. The maximum Gasteiger partial charge on any atom is 0.333 e. The second-order valence-electron chi connectivity index (χ2n) is 5.76. The van der Waals surface area contributed by atoms with Gasteiger partial charge in [-0.05, 0) is 19.8 Å². The number of carbonyl (C=O) groups excluding carboxylic acids is 3. The number of carbonyl (C=O) groups is 3. The molecule has 1 heterocycles. The molecule has 0 bridgehead atoms. The maximum atomic E-state index is 12.2. The van der Waals surface area contributed by atoms with Crippen LogP contribution in [0.2, 0.25) is 0 Å². The van der Waals surface area contributed by atoms with E-state index in [4.69, 9.17) is 4.74 Å². The number of thioether (sulfide) groups is 1. The van der Waals surface area contributed by atoms with Crippen molar-refractivity contribution in [2.45, 2.75) is 51.5 Å². The van der Waals surface area contributed by atoms with E-state index in [0.717, 1.165) is 25.7 Å². The van der Waals surface area contributed by atoms with Gasteiger partial charge in [-0.1, -0.05) is 37.4 Å². The van der Waals surface area contributed by atoms with E-state index in [9.17, 15) is 14.4 Å². The molecule has 2 fully saturated rings. The number of hydrogen-bond donors (Lipinski definition) is 1. The zero-order valence-corrected chi connectivity index (χ0v) is 14.3. The highest BCUT2D eigenvalue weighted by Crippen LogP contribution is 2.28. The normalized spacial score (nSPS) is 21.3. The average Bonchev–Trinajstić information content (AvgIpc) is 2.71. The number of amides is 2. The van der Waals surface area contributed by atoms with Crippen LogP contribution in [0.5, 0.6) is 0 Å². The van der Waals surface area contributed by atoms with Crippen LogP contribution in [0, 0.1) is 0 Å².